The topological polar surface area (TPSA) is 9.23 Å². The van der Waals surface area contributed by atoms with Gasteiger partial charge in [0.05, 0.1) is 6.61 Å². The number of allylic oxidation sites excluding steroid dienone is 2. The Balaban J connectivity index is 1.73. The standard InChI is InChI=1S/C17H24O/c1-14-12-17(14,4)16(2,3)10-11-18-13-15-8-6-5-7-9-15/h5-9,12H,10-11,13H2,1-4H3. The van der Waals surface area contributed by atoms with Gasteiger partial charge in [0.15, 0.2) is 0 Å². The van der Waals surface area contributed by atoms with Crippen LogP contribution in [0.25, 0.3) is 0 Å². The van der Waals surface area contributed by atoms with Crippen LogP contribution in [0.15, 0.2) is 42.0 Å². The van der Waals surface area contributed by atoms with Crippen LogP contribution in [0.4, 0.5) is 0 Å². The van der Waals surface area contributed by atoms with Gasteiger partial charge in [0.25, 0.3) is 0 Å². The zero-order chi connectivity index (χ0) is 13.2. The summed E-state index contributed by atoms with van der Waals surface area (Å²) >= 11 is 0. The number of hydrogen-bond donors (Lipinski definition) is 0. The van der Waals surface area contributed by atoms with E-state index in [2.05, 4.69) is 58.0 Å². The van der Waals surface area contributed by atoms with Crippen LogP contribution < -0.4 is 0 Å². The summed E-state index contributed by atoms with van der Waals surface area (Å²) in [4.78, 5) is 0. The summed E-state index contributed by atoms with van der Waals surface area (Å²) in [5, 5.41) is 0. The highest BCUT2D eigenvalue weighted by Gasteiger charge is 2.48. The van der Waals surface area contributed by atoms with Crippen LogP contribution in [0.2, 0.25) is 0 Å². The van der Waals surface area contributed by atoms with Crippen molar-refractivity contribution in [3.05, 3.63) is 47.5 Å². The normalized spacial score (nSPS) is 22.8. The molecule has 1 aliphatic rings. The molecule has 0 saturated carbocycles. The maximum Gasteiger partial charge on any atom is 0.0716 e. The monoisotopic (exact) mass is 244 g/mol. The minimum Gasteiger partial charge on any atom is -0.377 e. The summed E-state index contributed by atoms with van der Waals surface area (Å²) < 4.78 is 5.79. The molecule has 0 heterocycles. The zero-order valence-electron chi connectivity index (χ0n) is 12.0. The molecule has 98 valence electrons. The Morgan fingerprint density at radius 2 is 1.78 bits per heavy atom. The fourth-order valence-electron chi connectivity index (χ4n) is 2.48. The van der Waals surface area contributed by atoms with E-state index in [1.54, 1.807) is 0 Å². The van der Waals surface area contributed by atoms with Gasteiger partial charge < -0.3 is 4.74 Å². The van der Waals surface area contributed by atoms with Crippen LogP contribution in [0.3, 0.4) is 0 Å². The average Bonchev–Trinajstić information content (AvgIpc) is 2.97. The largest absolute Gasteiger partial charge is 0.377 e. The third-order valence-electron chi connectivity index (χ3n) is 4.63. The van der Waals surface area contributed by atoms with E-state index in [4.69, 9.17) is 4.74 Å². The Bertz CT molecular complexity index is 430. The van der Waals surface area contributed by atoms with Crippen LogP contribution in [0, 0.1) is 10.8 Å². The van der Waals surface area contributed by atoms with Crippen LogP contribution in [-0.4, -0.2) is 6.61 Å². The van der Waals surface area contributed by atoms with Gasteiger partial charge in [-0.15, -0.1) is 0 Å². The minimum atomic E-state index is 0.299. The molecule has 0 saturated heterocycles. The first-order valence-corrected chi connectivity index (χ1v) is 6.77. The van der Waals surface area contributed by atoms with Gasteiger partial charge in [0, 0.05) is 12.0 Å². The summed E-state index contributed by atoms with van der Waals surface area (Å²) in [6.07, 6.45) is 3.48. The Labute approximate surface area is 111 Å². The second-order valence-electron chi connectivity index (χ2n) is 6.20. The molecule has 1 heteroatoms. The highest BCUT2D eigenvalue weighted by atomic mass is 16.5. The van der Waals surface area contributed by atoms with E-state index in [9.17, 15) is 0 Å². The van der Waals surface area contributed by atoms with Gasteiger partial charge in [-0.2, -0.15) is 0 Å². The molecule has 0 N–H and O–H groups in total. The molecule has 0 aliphatic heterocycles. The first-order valence-electron chi connectivity index (χ1n) is 6.77. The molecule has 0 aromatic heterocycles. The first-order chi connectivity index (χ1) is 8.46. The summed E-state index contributed by atoms with van der Waals surface area (Å²) in [6.45, 7) is 10.8. The smallest absolute Gasteiger partial charge is 0.0716 e. The minimum absolute atomic E-state index is 0.299. The lowest BCUT2D eigenvalue weighted by molar-refractivity contribution is 0.0732. The molecular formula is C17H24O. The lowest BCUT2D eigenvalue weighted by Crippen LogP contribution is -2.27. The van der Waals surface area contributed by atoms with Gasteiger partial charge in [0.2, 0.25) is 0 Å². The molecule has 0 amide bonds. The highest BCUT2D eigenvalue weighted by molar-refractivity contribution is 5.38. The summed E-state index contributed by atoms with van der Waals surface area (Å²) in [5.74, 6) is 0. The number of hydrogen-bond acceptors (Lipinski definition) is 1. The van der Waals surface area contributed by atoms with Crippen molar-refractivity contribution in [3.8, 4) is 0 Å². The quantitative estimate of drug-likeness (QED) is 0.525. The third kappa shape index (κ3) is 2.67. The predicted molar refractivity (Wildman–Crippen MR) is 76.4 cm³/mol. The van der Waals surface area contributed by atoms with Crippen molar-refractivity contribution in [2.45, 2.75) is 40.7 Å². The molecule has 1 atom stereocenters. The van der Waals surface area contributed by atoms with E-state index in [0.29, 0.717) is 10.8 Å². The number of ether oxygens (including phenoxy) is 1. The van der Waals surface area contributed by atoms with Crippen LogP contribution in [-0.2, 0) is 11.3 Å². The Hall–Kier alpha value is -1.08. The van der Waals surface area contributed by atoms with Crippen molar-refractivity contribution >= 4 is 0 Å². The second-order valence-corrected chi connectivity index (χ2v) is 6.20. The van der Waals surface area contributed by atoms with E-state index in [-0.39, 0.29) is 0 Å². The van der Waals surface area contributed by atoms with Crippen molar-refractivity contribution in [2.24, 2.45) is 10.8 Å². The van der Waals surface area contributed by atoms with Crippen molar-refractivity contribution in [1.29, 1.82) is 0 Å². The molecule has 1 aromatic carbocycles. The summed E-state index contributed by atoms with van der Waals surface area (Å²) in [6, 6.07) is 10.4. The number of rotatable bonds is 6. The summed E-state index contributed by atoms with van der Waals surface area (Å²) in [7, 11) is 0. The van der Waals surface area contributed by atoms with Crippen LogP contribution >= 0.6 is 0 Å². The average molecular weight is 244 g/mol. The van der Waals surface area contributed by atoms with Gasteiger partial charge in [0.1, 0.15) is 0 Å². The van der Waals surface area contributed by atoms with E-state index in [1.807, 2.05) is 6.07 Å². The molecule has 0 radical (unpaired) electrons. The SMILES string of the molecule is CC1=CC1(C)C(C)(C)CCOCc1ccccc1. The van der Waals surface area contributed by atoms with Crippen molar-refractivity contribution < 1.29 is 4.74 Å². The van der Waals surface area contributed by atoms with E-state index < -0.39 is 0 Å². The van der Waals surface area contributed by atoms with Gasteiger partial charge in [-0.1, -0.05) is 62.8 Å². The van der Waals surface area contributed by atoms with Crippen LogP contribution in [0.5, 0.6) is 0 Å². The molecule has 0 fully saturated rings. The van der Waals surface area contributed by atoms with Gasteiger partial charge in [-0.05, 0) is 24.3 Å². The Morgan fingerprint density at radius 1 is 1.17 bits per heavy atom. The van der Waals surface area contributed by atoms with Crippen LogP contribution in [0.1, 0.15) is 39.7 Å². The lowest BCUT2D eigenvalue weighted by atomic mass is 9.71. The van der Waals surface area contributed by atoms with Gasteiger partial charge in [-0.3, -0.25) is 0 Å². The van der Waals surface area contributed by atoms with Crippen molar-refractivity contribution in [3.63, 3.8) is 0 Å². The fourth-order valence-corrected chi connectivity index (χ4v) is 2.48. The van der Waals surface area contributed by atoms with E-state index in [1.165, 1.54) is 11.1 Å². The first kappa shape index (κ1) is 13.4. The molecule has 1 aliphatic carbocycles. The zero-order valence-corrected chi connectivity index (χ0v) is 12.0. The highest BCUT2D eigenvalue weighted by Crippen LogP contribution is 2.57. The predicted octanol–water partition coefficient (Wildman–Crippen LogP) is 4.59. The maximum absolute atomic E-state index is 5.79. The van der Waals surface area contributed by atoms with Crippen molar-refractivity contribution in [2.75, 3.05) is 6.61 Å². The second kappa shape index (κ2) is 4.89. The Kier molecular flexibility index (Phi) is 3.63. The van der Waals surface area contributed by atoms with E-state index >= 15 is 0 Å². The number of benzene rings is 1. The van der Waals surface area contributed by atoms with E-state index in [0.717, 1.165) is 19.6 Å². The molecule has 18 heavy (non-hydrogen) atoms. The molecule has 0 bridgehead atoms. The van der Waals surface area contributed by atoms with Crippen molar-refractivity contribution in [1.82, 2.24) is 0 Å². The summed E-state index contributed by atoms with van der Waals surface area (Å²) in [5.41, 5.74) is 3.40. The molecule has 0 spiro atoms. The maximum atomic E-state index is 5.79. The van der Waals surface area contributed by atoms with Gasteiger partial charge in [-0.25, -0.2) is 0 Å². The van der Waals surface area contributed by atoms with Gasteiger partial charge >= 0.3 is 0 Å². The molecule has 1 aromatic rings. The molecular weight excluding hydrogens is 220 g/mol. The molecule has 1 nitrogen and oxygen atoms in total. The third-order valence-corrected chi connectivity index (χ3v) is 4.63. The fraction of sp³-hybridized carbons (Fsp3) is 0.529. The Morgan fingerprint density at radius 3 is 2.33 bits per heavy atom. The molecule has 1 unspecified atom stereocenters. The lowest BCUT2D eigenvalue weighted by Gasteiger charge is -2.33. The molecule has 2 rings (SSSR count).